The summed E-state index contributed by atoms with van der Waals surface area (Å²) in [5, 5.41) is 15.4. The van der Waals surface area contributed by atoms with Gasteiger partial charge in [-0.15, -0.1) is 0 Å². The van der Waals surface area contributed by atoms with Crippen LogP contribution in [0.3, 0.4) is 0 Å². The molecule has 2 rings (SSSR count). The molecule has 1 N–H and O–H groups in total. The van der Waals surface area contributed by atoms with Crippen LogP contribution in [0.25, 0.3) is 0 Å². The van der Waals surface area contributed by atoms with Crippen LogP contribution in [0.5, 0.6) is 0 Å². The Kier molecular flexibility index (Phi) is 4.11. The van der Waals surface area contributed by atoms with Gasteiger partial charge in [-0.05, 0) is 32.4 Å². The average molecular weight is 270 g/mol. The smallest absolute Gasteiger partial charge is 0.251 e. The third-order valence-electron chi connectivity index (χ3n) is 2.98. The second kappa shape index (κ2) is 5.97. The van der Waals surface area contributed by atoms with Crippen LogP contribution in [-0.2, 0) is 6.42 Å². The fourth-order valence-electron chi connectivity index (χ4n) is 1.89. The highest BCUT2D eigenvalue weighted by Gasteiger charge is 2.10. The molecule has 2 aromatic heterocycles. The van der Waals surface area contributed by atoms with E-state index in [4.69, 9.17) is 9.78 Å². The van der Waals surface area contributed by atoms with Crippen LogP contribution in [0.1, 0.15) is 33.1 Å². The van der Waals surface area contributed by atoms with Gasteiger partial charge in [0, 0.05) is 23.9 Å². The molecular formula is C14H14N4O2. The number of nitrogens with one attached hydrogen (secondary N) is 1. The minimum absolute atomic E-state index is 0.225. The zero-order valence-corrected chi connectivity index (χ0v) is 11.3. The first-order valence-electron chi connectivity index (χ1n) is 6.18. The summed E-state index contributed by atoms with van der Waals surface area (Å²) in [4.78, 5) is 15.7. The summed E-state index contributed by atoms with van der Waals surface area (Å²) < 4.78 is 5.06. The third-order valence-corrected chi connectivity index (χ3v) is 2.98. The quantitative estimate of drug-likeness (QED) is 0.909. The number of hydrogen-bond donors (Lipinski definition) is 1. The number of carbonyl (C=O) groups excluding carboxylic acids is 1. The summed E-state index contributed by atoms with van der Waals surface area (Å²) in [5.41, 5.74) is 2.50. The molecule has 0 spiro atoms. The molecule has 0 saturated carbocycles. The van der Waals surface area contributed by atoms with Crippen molar-refractivity contribution in [3.8, 4) is 6.07 Å². The maximum atomic E-state index is 11.9. The van der Waals surface area contributed by atoms with E-state index in [0.29, 0.717) is 18.5 Å². The van der Waals surface area contributed by atoms with Crippen LogP contribution in [0.2, 0.25) is 0 Å². The predicted octanol–water partition coefficient (Wildman–Crippen LogP) is 1.53. The van der Waals surface area contributed by atoms with E-state index < -0.39 is 0 Å². The minimum atomic E-state index is -0.226. The van der Waals surface area contributed by atoms with E-state index in [1.165, 1.54) is 12.3 Å². The Morgan fingerprint density at radius 3 is 2.95 bits per heavy atom. The van der Waals surface area contributed by atoms with Crippen LogP contribution < -0.4 is 5.32 Å². The van der Waals surface area contributed by atoms with Gasteiger partial charge < -0.3 is 9.84 Å². The highest BCUT2D eigenvalue weighted by Crippen LogP contribution is 2.12. The molecule has 2 aromatic rings. The summed E-state index contributed by atoms with van der Waals surface area (Å²) in [5.74, 6) is 0.545. The highest BCUT2D eigenvalue weighted by atomic mass is 16.5. The first-order valence-corrected chi connectivity index (χ1v) is 6.18. The molecule has 102 valence electrons. The number of nitriles is 1. The van der Waals surface area contributed by atoms with E-state index in [1.54, 1.807) is 6.07 Å². The maximum Gasteiger partial charge on any atom is 0.251 e. The molecule has 0 unspecified atom stereocenters. The molecule has 2 heterocycles. The van der Waals surface area contributed by atoms with Gasteiger partial charge in [0.25, 0.3) is 5.91 Å². The van der Waals surface area contributed by atoms with Crippen molar-refractivity contribution in [2.24, 2.45) is 0 Å². The number of carbonyl (C=O) groups is 1. The Morgan fingerprint density at radius 1 is 1.50 bits per heavy atom. The molecule has 0 aromatic carbocycles. The van der Waals surface area contributed by atoms with Crippen molar-refractivity contribution in [1.29, 1.82) is 5.26 Å². The molecular weight excluding hydrogens is 256 g/mol. The molecule has 20 heavy (non-hydrogen) atoms. The molecule has 0 saturated heterocycles. The van der Waals surface area contributed by atoms with Crippen molar-refractivity contribution in [3.63, 3.8) is 0 Å². The minimum Gasteiger partial charge on any atom is -0.361 e. The van der Waals surface area contributed by atoms with E-state index in [9.17, 15) is 4.79 Å². The van der Waals surface area contributed by atoms with Crippen molar-refractivity contribution in [3.05, 3.63) is 46.6 Å². The number of aromatic nitrogens is 2. The number of hydrogen-bond acceptors (Lipinski definition) is 5. The van der Waals surface area contributed by atoms with E-state index >= 15 is 0 Å². The molecule has 0 atom stereocenters. The van der Waals surface area contributed by atoms with Crippen LogP contribution in [0, 0.1) is 25.2 Å². The standard InChI is InChI=1S/C14H14N4O2/c1-9-13(10(2)20-18-9)4-6-17-14(19)11-3-5-16-12(7-11)8-15/h3,5,7H,4,6H2,1-2H3,(H,17,19). The van der Waals surface area contributed by atoms with Crippen molar-refractivity contribution < 1.29 is 9.32 Å². The molecule has 0 aliphatic heterocycles. The zero-order chi connectivity index (χ0) is 14.5. The van der Waals surface area contributed by atoms with Gasteiger partial charge in [-0.1, -0.05) is 5.16 Å². The zero-order valence-electron chi connectivity index (χ0n) is 11.3. The number of rotatable bonds is 4. The first kappa shape index (κ1) is 13.7. The monoisotopic (exact) mass is 270 g/mol. The van der Waals surface area contributed by atoms with Crippen LogP contribution >= 0.6 is 0 Å². The van der Waals surface area contributed by atoms with Crippen molar-refractivity contribution >= 4 is 5.91 Å². The summed E-state index contributed by atoms with van der Waals surface area (Å²) >= 11 is 0. The first-order chi connectivity index (χ1) is 9.61. The van der Waals surface area contributed by atoms with Crippen molar-refractivity contribution in [2.45, 2.75) is 20.3 Å². The summed E-state index contributed by atoms with van der Waals surface area (Å²) in [7, 11) is 0. The maximum absolute atomic E-state index is 11.9. The molecule has 0 aliphatic rings. The highest BCUT2D eigenvalue weighted by molar-refractivity contribution is 5.94. The summed E-state index contributed by atoms with van der Waals surface area (Å²) in [6.45, 7) is 4.20. The van der Waals surface area contributed by atoms with E-state index in [-0.39, 0.29) is 11.6 Å². The van der Waals surface area contributed by atoms with Gasteiger partial charge in [0.2, 0.25) is 0 Å². The van der Waals surface area contributed by atoms with E-state index in [1.807, 2.05) is 19.9 Å². The van der Waals surface area contributed by atoms with Gasteiger partial charge in [0.05, 0.1) is 5.69 Å². The number of aryl methyl sites for hydroxylation is 2. The van der Waals surface area contributed by atoms with Gasteiger partial charge in [-0.25, -0.2) is 4.98 Å². The lowest BCUT2D eigenvalue weighted by Crippen LogP contribution is -2.26. The summed E-state index contributed by atoms with van der Waals surface area (Å²) in [6, 6.07) is 4.94. The molecule has 1 amide bonds. The van der Waals surface area contributed by atoms with Crippen LogP contribution in [0.15, 0.2) is 22.9 Å². The number of nitrogens with zero attached hydrogens (tertiary/aromatic N) is 3. The van der Waals surface area contributed by atoms with Crippen LogP contribution in [0.4, 0.5) is 0 Å². The molecule has 6 heteroatoms. The molecule has 0 fully saturated rings. The Hall–Kier alpha value is -2.68. The van der Waals surface area contributed by atoms with Gasteiger partial charge in [-0.2, -0.15) is 5.26 Å². The normalized spacial score (nSPS) is 10.1. The molecule has 0 aliphatic carbocycles. The van der Waals surface area contributed by atoms with Gasteiger partial charge in [0.15, 0.2) is 0 Å². The second-order valence-electron chi connectivity index (χ2n) is 4.35. The summed E-state index contributed by atoms with van der Waals surface area (Å²) in [6.07, 6.45) is 2.10. The molecule has 0 bridgehead atoms. The van der Waals surface area contributed by atoms with Gasteiger partial charge in [0.1, 0.15) is 17.5 Å². The molecule has 0 radical (unpaired) electrons. The van der Waals surface area contributed by atoms with Gasteiger partial charge >= 0.3 is 0 Å². The fraction of sp³-hybridized carbons (Fsp3) is 0.286. The molecule has 6 nitrogen and oxygen atoms in total. The average Bonchev–Trinajstić information content (AvgIpc) is 2.79. The van der Waals surface area contributed by atoms with E-state index in [2.05, 4.69) is 15.5 Å². The fourth-order valence-corrected chi connectivity index (χ4v) is 1.89. The van der Waals surface area contributed by atoms with Crippen molar-refractivity contribution in [1.82, 2.24) is 15.5 Å². The number of pyridine rings is 1. The Balaban J connectivity index is 1.94. The topological polar surface area (TPSA) is 91.8 Å². The van der Waals surface area contributed by atoms with E-state index in [0.717, 1.165) is 17.0 Å². The lowest BCUT2D eigenvalue weighted by molar-refractivity contribution is 0.0954. The Morgan fingerprint density at radius 2 is 2.30 bits per heavy atom. The van der Waals surface area contributed by atoms with Gasteiger partial charge in [-0.3, -0.25) is 4.79 Å². The third kappa shape index (κ3) is 3.01. The number of amides is 1. The lowest BCUT2D eigenvalue weighted by Gasteiger charge is -2.05. The predicted molar refractivity (Wildman–Crippen MR) is 71.0 cm³/mol. The Labute approximate surface area is 116 Å². The Bertz CT molecular complexity index is 651. The second-order valence-corrected chi connectivity index (χ2v) is 4.35. The SMILES string of the molecule is Cc1noc(C)c1CCNC(=O)c1ccnc(C#N)c1. The lowest BCUT2D eigenvalue weighted by atomic mass is 10.1. The van der Waals surface area contributed by atoms with Crippen LogP contribution in [-0.4, -0.2) is 22.6 Å². The van der Waals surface area contributed by atoms with Crippen molar-refractivity contribution in [2.75, 3.05) is 6.54 Å². The largest absolute Gasteiger partial charge is 0.361 e.